The zero-order valence-corrected chi connectivity index (χ0v) is 64.4. The van der Waals surface area contributed by atoms with E-state index in [0.29, 0.717) is 39.9 Å². The summed E-state index contributed by atoms with van der Waals surface area (Å²) in [4.78, 5) is 34.5. The number of nitrogens with one attached hydrogen (secondary N) is 1. The summed E-state index contributed by atoms with van der Waals surface area (Å²) >= 11 is 0. The maximum Gasteiger partial charge on any atom is 0.316 e. The van der Waals surface area contributed by atoms with Crippen molar-refractivity contribution in [1.82, 2.24) is 0 Å². The van der Waals surface area contributed by atoms with E-state index in [-0.39, 0.29) is 46.9 Å². The molecular formula is C84H133NO12. The van der Waals surface area contributed by atoms with Crippen LogP contribution in [0.1, 0.15) is 224 Å². The second-order valence-corrected chi connectivity index (χ2v) is 23.3. The topological polar surface area (TPSA) is 223 Å². The Labute approximate surface area is 589 Å². The molecule has 4 unspecified atom stereocenters. The standard InChI is InChI=1S/C12H16O3.C11H15NO2.C11H14O3.2C11H16.2C10H14.2C2H6.4CH4O/c1-4-12(2,3)11(14)15-10-7-5-9(13)6-8-10;1-3-8(2)11(14)12-9-4-6-10(13)7-5-9;1-3-8(2)11(13)14-10-6-4-9(12)5-7-10;2*1-4-11(2,3)10-8-6-5-7-9-10;2*1-3-9(2)10-7-5-4-6-8-10;6*1-2/h5-8,13H,4H2,1-3H3;4-8,13H,3H2,1-2H3,(H,12,14);4-8,12H,3H2,1-2H3;2*5-9H,4H2,1-3H3;2*4-9H,3H2,1-2H3;2*1-2H3;4*2H,1H3. The molecule has 0 spiro atoms. The number of amides is 1. The quantitative estimate of drug-likeness (QED) is 0.0242. The highest BCUT2D eigenvalue weighted by atomic mass is 16.5. The number of ether oxygens (including phenoxy) is 2. The van der Waals surface area contributed by atoms with E-state index in [9.17, 15) is 14.4 Å². The van der Waals surface area contributed by atoms with Gasteiger partial charge in [0.1, 0.15) is 28.7 Å². The van der Waals surface area contributed by atoms with E-state index in [0.717, 1.165) is 47.7 Å². The number of carbonyl (C=O) groups is 3. The van der Waals surface area contributed by atoms with Crippen molar-refractivity contribution in [1.29, 1.82) is 0 Å². The first-order valence-electron chi connectivity index (χ1n) is 34.4. The maximum absolute atomic E-state index is 11.7. The number of aliphatic hydroxyl groups excluding tert-OH is 4. The van der Waals surface area contributed by atoms with Gasteiger partial charge in [0, 0.05) is 40.0 Å². The van der Waals surface area contributed by atoms with Crippen molar-refractivity contribution in [2.75, 3.05) is 33.8 Å². The molecule has 0 bridgehead atoms. The number of benzene rings is 7. The van der Waals surface area contributed by atoms with Gasteiger partial charge in [0.2, 0.25) is 5.91 Å². The molecule has 13 heteroatoms. The molecule has 0 saturated heterocycles. The third-order valence-corrected chi connectivity index (χ3v) is 15.6. The van der Waals surface area contributed by atoms with Crippen LogP contribution in [0.3, 0.4) is 0 Å². The van der Waals surface area contributed by atoms with E-state index in [2.05, 4.69) is 196 Å². The Morgan fingerprint density at radius 2 is 0.649 bits per heavy atom. The molecule has 0 saturated carbocycles. The lowest BCUT2D eigenvalue weighted by Gasteiger charge is -2.22. The Bertz CT molecular complexity index is 2680. The summed E-state index contributed by atoms with van der Waals surface area (Å²) in [6.45, 7) is 43.8. The third-order valence-electron chi connectivity index (χ3n) is 15.6. The number of hydrogen-bond donors (Lipinski definition) is 8. The van der Waals surface area contributed by atoms with Gasteiger partial charge in [0.05, 0.1) is 11.3 Å². The normalized spacial score (nSPS) is 10.9. The van der Waals surface area contributed by atoms with E-state index in [1.807, 2.05) is 76.2 Å². The Balaban J connectivity index is -0.000000243. The molecular weight excluding hydrogens is 1210 g/mol. The fourth-order valence-electron chi connectivity index (χ4n) is 7.02. The molecule has 0 aliphatic heterocycles. The van der Waals surface area contributed by atoms with Crippen LogP contribution in [0, 0.1) is 17.3 Å². The SMILES string of the molecule is CC.CC.CCC(C)(C)C(=O)Oc1ccc(O)cc1.CCC(C)(C)c1ccccc1.CCC(C)(C)c1ccccc1.CCC(C)C(=O)Nc1ccc(O)cc1.CCC(C)C(=O)Oc1ccc(O)cc1.CCC(C)c1ccccc1.CCC(C)c1ccccc1.CO.CO.CO.CO. The zero-order chi connectivity index (χ0) is 76.0. The van der Waals surface area contributed by atoms with Crippen LogP contribution in [0.25, 0.3) is 0 Å². The Morgan fingerprint density at radius 1 is 0.371 bits per heavy atom. The molecule has 7 aromatic rings. The van der Waals surface area contributed by atoms with Crippen molar-refractivity contribution in [3.8, 4) is 28.7 Å². The van der Waals surface area contributed by atoms with Gasteiger partial charge in [-0.1, -0.05) is 253 Å². The van der Waals surface area contributed by atoms with E-state index in [1.54, 1.807) is 48.5 Å². The highest BCUT2D eigenvalue weighted by Crippen LogP contribution is 2.28. The fraction of sp³-hybridized carbons (Fsp3) is 0.464. The lowest BCUT2D eigenvalue weighted by Crippen LogP contribution is -2.28. The fourth-order valence-corrected chi connectivity index (χ4v) is 7.02. The molecule has 0 aromatic heterocycles. The van der Waals surface area contributed by atoms with Gasteiger partial charge in [0.15, 0.2) is 0 Å². The predicted octanol–water partition coefficient (Wildman–Crippen LogP) is 21.1. The van der Waals surface area contributed by atoms with Gasteiger partial charge in [-0.3, -0.25) is 14.4 Å². The van der Waals surface area contributed by atoms with Gasteiger partial charge in [-0.15, -0.1) is 0 Å². The first-order valence-corrected chi connectivity index (χ1v) is 34.4. The predicted molar refractivity (Wildman–Crippen MR) is 412 cm³/mol. The molecule has 0 heterocycles. The van der Waals surface area contributed by atoms with Crippen LogP contribution in [0.2, 0.25) is 0 Å². The van der Waals surface area contributed by atoms with Crippen LogP contribution in [0.15, 0.2) is 194 Å². The molecule has 7 aromatic carbocycles. The number of phenolic OH excluding ortho intramolecular Hbond substituents is 3. The van der Waals surface area contributed by atoms with Gasteiger partial charge in [0.25, 0.3) is 0 Å². The second-order valence-electron chi connectivity index (χ2n) is 23.3. The van der Waals surface area contributed by atoms with Crippen molar-refractivity contribution >= 4 is 23.5 Å². The molecule has 546 valence electrons. The highest BCUT2D eigenvalue weighted by molar-refractivity contribution is 5.92. The summed E-state index contributed by atoms with van der Waals surface area (Å²) < 4.78 is 10.2. The van der Waals surface area contributed by atoms with Crippen LogP contribution in [0.4, 0.5) is 5.69 Å². The van der Waals surface area contributed by atoms with Crippen molar-refractivity contribution < 1.29 is 59.6 Å². The van der Waals surface area contributed by atoms with Crippen molar-refractivity contribution in [2.24, 2.45) is 17.3 Å². The first-order chi connectivity index (χ1) is 46.2. The summed E-state index contributed by atoms with van der Waals surface area (Å²) in [5.74, 6) is 2.30. The maximum atomic E-state index is 11.7. The average molecular weight is 1350 g/mol. The van der Waals surface area contributed by atoms with Gasteiger partial charge in [-0.05, 0) is 177 Å². The largest absolute Gasteiger partial charge is 0.508 e. The second kappa shape index (κ2) is 63.0. The van der Waals surface area contributed by atoms with Crippen LogP contribution in [-0.4, -0.2) is 82.0 Å². The summed E-state index contributed by atoms with van der Waals surface area (Å²) in [5, 5.41) is 57.9. The lowest BCUT2D eigenvalue weighted by atomic mass is 9.82. The number of carbonyl (C=O) groups excluding carboxylic acids is 3. The third kappa shape index (κ3) is 47.7. The minimum absolute atomic E-state index is 0.0122. The van der Waals surface area contributed by atoms with Crippen molar-refractivity contribution in [3.05, 3.63) is 216 Å². The van der Waals surface area contributed by atoms with E-state index in [1.165, 1.54) is 72.2 Å². The summed E-state index contributed by atoms with van der Waals surface area (Å²) in [6, 6.07) is 61.3. The molecule has 8 N–H and O–H groups in total. The number of anilines is 1. The monoisotopic (exact) mass is 1350 g/mol. The Kier molecular flexibility index (Phi) is 65.1. The number of phenols is 3. The number of hydrogen-bond acceptors (Lipinski definition) is 12. The van der Waals surface area contributed by atoms with E-state index in [4.69, 9.17) is 45.2 Å². The van der Waals surface area contributed by atoms with Crippen LogP contribution < -0.4 is 14.8 Å². The summed E-state index contributed by atoms with van der Waals surface area (Å²) in [5.41, 5.74) is 6.67. The minimum Gasteiger partial charge on any atom is -0.508 e. The lowest BCUT2D eigenvalue weighted by molar-refractivity contribution is -0.144. The molecule has 4 atom stereocenters. The number of aliphatic hydroxyl groups is 4. The van der Waals surface area contributed by atoms with Crippen molar-refractivity contribution in [3.63, 3.8) is 0 Å². The summed E-state index contributed by atoms with van der Waals surface area (Å²) in [7, 11) is 4.00. The molecule has 1 amide bonds. The number of aromatic hydroxyl groups is 3. The zero-order valence-electron chi connectivity index (χ0n) is 64.4. The van der Waals surface area contributed by atoms with Crippen LogP contribution in [-0.2, 0) is 25.2 Å². The smallest absolute Gasteiger partial charge is 0.316 e. The molecule has 0 aliphatic carbocycles. The average Bonchev–Trinajstić information content (AvgIpc) is 0.963. The van der Waals surface area contributed by atoms with Crippen molar-refractivity contribution in [2.45, 2.75) is 213 Å². The molecule has 0 fully saturated rings. The summed E-state index contributed by atoms with van der Waals surface area (Å²) in [6.07, 6.45) is 7.15. The molecule has 13 nitrogen and oxygen atoms in total. The molecule has 7 rings (SSSR count). The van der Waals surface area contributed by atoms with Gasteiger partial charge >= 0.3 is 11.9 Å². The van der Waals surface area contributed by atoms with Gasteiger partial charge < -0.3 is 50.5 Å². The minimum atomic E-state index is -0.474. The van der Waals surface area contributed by atoms with Crippen LogP contribution >= 0.6 is 0 Å². The van der Waals surface area contributed by atoms with Crippen LogP contribution in [0.5, 0.6) is 28.7 Å². The molecule has 0 radical (unpaired) electrons. The highest BCUT2D eigenvalue weighted by Gasteiger charge is 2.27. The first kappa shape index (κ1) is 100. The Hall–Kier alpha value is -7.81. The van der Waals surface area contributed by atoms with Gasteiger partial charge in [-0.2, -0.15) is 0 Å². The molecule has 97 heavy (non-hydrogen) atoms. The Morgan fingerprint density at radius 3 is 0.918 bits per heavy atom. The van der Waals surface area contributed by atoms with E-state index >= 15 is 0 Å². The number of esters is 2. The number of rotatable bonds is 17. The molecule has 0 aliphatic rings. The van der Waals surface area contributed by atoms with E-state index < -0.39 is 5.41 Å². The van der Waals surface area contributed by atoms with Gasteiger partial charge in [-0.25, -0.2) is 0 Å².